The third-order valence-electron chi connectivity index (χ3n) is 3.59. The fourth-order valence-corrected chi connectivity index (χ4v) is 2.23. The van der Waals surface area contributed by atoms with E-state index in [2.05, 4.69) is 20.5 Å². The van der Waals surface area contributed by atoms with E-state index >= 15 is 0 Å². The van der Waals surface area contributed by atoms with Crippen LogP contribution in [0.4, 0.5) is 23.2 Å². The van der Waals surface area contributed by atoms with Gasteiger partial charge in [-0.15, -0.1) is 0 Å². The Balaban J connectivity index is 2.06. The molecule has 0 fully saturated rings. The van der Waals surface area contributed by atoms with Gasteiger partial charge in [0.25, 0.3) is 11.8 Å². The average molecular weight is 402 g/mol. The van der Waals surface area contributed by atoms with Crippen molar-refractivity contribution < 1.29 is 31.9 Å². The lowest BCUT2D eigenvalue weighted by Crippen LogP contribution is -2.32. The monoisotopic (exact) mass is 402 g/mol. The fraction of sp³-hybridized carbons (Fsp3) is 0.353. The zero-order valence-electron chi connectivity index (χ0n) is 15.0. The van der Waals surface area contributed by atoms with Crippen LogP contribution in [0.15, 0.2) is 30.5 Å². The number of halogens is 4. The van der Waals surface area contributed by atoms with Crippen molar-refractivity contribution >= 4 is 17.5 Å². The Morgan fingerprint density at radius 1 is 1.29 bits per heavy atom. The molecule has 0 atom stereocenters. The summed E-state index contributed by atoms with van der Waals surface area (Å²) in [5.74, 6) is -5.30. The molecule has 0 aliphatic heterocycles. The second kappa shape index (κ2) is 8.83. The van der Waals surface area contributed by atoms with E-state index in [0.717, 1.165) is 0 Å². The van der Waals surface area contributed by atoms with Gasteiger partial charge in [0, 0.05) is 25.9 Å². The van der Waals surface area contributed by atoms with Gasteiger partial charge < -0.3 is 15.4 Å². The van der Waals surface area contributed by atoms with Crippen LogP contribution in [0.2, 0.25) is 0 Å². The third kappa shape index (κ3) is 5.28. The van der Waals surface area contributed by atoms with Gasteiger partial charge in [-0.1, -0.05) is 12.1 Å². The van der Waals surface area contributed by atoms with Crippen LogP contribution in [-0.4, -0.2) is 47.6 Å². The number of amides is 2. The summed E-state index contributed by atoms with van der Waals surface area (Å²) in [6, 6.07) is 5.81. The first-order valence-electron chi connectivity index (χ1n) is 8.03. The van der Waals surface area contributed by atoms with Gasteiger partial charge in [-0.25, -0.2) is 8.78 Å². The van der Waals surface area contributed by atoms with E-state index in [1.165, 1.54) is 42.2 Å². The number of rotatable bonds is 8. The van der Waals surface area contributed by atoms with Gasteiger partial charge >= 0.3 is 12.3 Å². The molecule has 0 spiro atoms. The summed E-state index contributed by atoms with van der Waals surface area (Å²) in [5.41, 5.74) is 0.709. The summed E-state index contributed by atoms with van der Waals surface area (Å²) in [6.45, 7) is -1.81. The Kier molecular flexibility index (Phi) is 6.73. The molecule has 0 unspecified atom stereocenters. The molecule has 0 aliphatic rings. The van der Waals surface area contributed by atoms with Gasteiger partial charge in [-0.3, -0.25) is 14.3 Å². The molecule has 0 saturated carbocycles. The first-order chi connectivity index (χ1) is 13.1. The number of hydrogen-bond acceptors (Lipinski definition) is 4. The molecule has 0 saturated heterocycles. The van der Waals surface area contributed by atoms with Crippen molar-refractivity contribution in [3.63, 3.8) is 0 Å². The van der Waals surface area contributed by atoms with Crippen molar-refractivity contribution in [1.82, 2.24) is 15.1 Å². The number of nitrogens with zero attached hydrogens (tertiary/aromatic N) is 2. The van der Waals surface area contributed by atoms with Gasteiger partial charge in [0.15, 0.2) is 5.69 Å². The lowest BCUT2D eigenvalue weighted by Gasteiger charge is -2.15. The van der Waals surface area contributed by atoms with Crippen LogP contribution >= 0.6 is 0 Å². The Labute approximate surface area is 157 Å². The van der Waals surface area contributed by atoms with Crippen molar-refractivity contribution in [2.75, 3.05) is 19.0 Å². The van der Waals surface area contributed by atoms with E-state index in [1.807, 2.05) is 0 Å². The van der Waals surface area contributed by atoms with Crippen LogP contribution in [0.3, 0.4) is 0 Å². The Morgan fingerprint density at radius 3 is 2.64 bits per heavy atom. The normalized spacial score (nSPS) is 11.5. The van der Waals surface area contributed by atoms with Gasteiger partial charge in [-0.2, -0.15) is 13.9 Å². The summed E-state index contributed by atoms with van der Waals surface area (Å²) in [6.07, 6.45) is -2.37. The van der Waals surface area contributed by atoms with Crippen molar-refractivity contribution in [3.05, 3.63) is 47.3 Å². The highest BCUT2D eigenvalue weighted by Gasteiger charge is 2.40. The van der Waals surface area contributed by atoms with Gasteiger partial charge in [0.1, 0.15) is 6.61 Å². The van der Waals surface area contributed by atoms with Crippen molar-refractivity contribution in [2.45, 2.75) is 19.0 Å². The number of benzene rings is 1. The average Bonchev–Trinajstić information content (AvgIpc) is 3.01. The van der Waals surface area contributed by atoms with Gasteiger partial charge in [0.05, 0.1) is 12.3 Å². The molecule has 0 aliphatic carbocycles. The maximum Gasteiger partial charge on any atom is 0.330 e. The predicted molar refractivity (Wildman–Crippen MR) is 91.6 cm³/mol. The zero-order valence-corrected chi connectivity index (χ0v) is 15.0. The molecule has 2 rings (SSSR count). The van der Waals surface area contributed by atoms with Crippen LogP contribution < -0.4 is 10.6 Å². The highest BCUT2D eigenvalue weighted by Crippen LogP contribution is 2.23. The van der Waals surface area contributed by atoms with Crippen LogP contribution in [0.5, 0.6) is 0 Å². The molecule has 11 heteroatoms. The smallest absolute Gasteiger partial charge is 0.330 e. The highest BCUT2D eigenvalue weighted by molar-refractivity contribution is 6.08. The molecule has 0 radical (unpaired) electrons. The van der Waals surface area contributed by atoms with Crippen LogP contribution in [-0.2, 0) is 18.4 Å². The number of alkyl halides is 4. The first-order valence-corrected chi connectivity index (χ1v) is 8.03. The van der Waals surface area contributed by atoms with E-state index in [9.17, 15) is 27.2 Å². The molecule has 1 aromatic carbocycles. The lowest BCUT2D eigenvalue weighted by atomic mass is 10.1. The van der Waals surface area contributed by atoms with Crippen LogP contribution in [0, 0.1) is 0 Å². The predicted octanol–water partition coefficient (Wildman–Crippen LogP) is 2.45. The van der Waals surface area contributed by atoms with E-state index < -0.39 is 30.8 Å². The van der Waals surface area contributed by atoms with Crippen molar-refractivity contribution in [1.29, 1.82) is 0 Å². The number of carbonyl (C=O) groups is 2. The Bertz CT molecular complexity index is 855. The molecular weight excluding hydrogens is 384 g/mol. The van der Waals surface area contributed by atoms with Crippen LogP contribution in [0.1, 0.15) is 26.4 Å². The molecule has 28 heavy (non-hydrogen) atoms. The lowest BCUT2D eigenvalue weighted by molar-refractivity contribution is -0.168. The maximum atomic E-state index is 12.9. The van der Waals surface area contributed by atoms with Crippen LogP contribution in [0.25, 0.3) is 0 Å². The summed E-state index contributed by atoms with van der Waals surface area (Å²) < 4.78 is 55.9. The quantitative estimate of drug-likeness (QED) is 0.665. The molecule has 152 valence electrons. The minimum absolute atomic E-state index is 0.0204. The summed E-state index contributed by atoms with van der Waals surface area (Å²) in [4.78, 5) is 24.2. The highest BCUT2D eigenvalue weighted by atomic mass is 19.3. The largest absolute Gasteiger partial charge is 0.370 e. The number of aryl methyl sites for hydroxylation is 1. The zero-order chi connectivity index (χ0) is 20.9. The van der Waals surface area contributed by atoms with Gasteiger partial charge in [0.2, 0.25) is 0 Å². The number of hydrogen-bond donors (Lipinski definition) is 2. The second-order valence-electron chi connectivity index (χ2n) is 5.85. The van der Waals surface area contributed by atoms with E-state index in [-0.39, 0.29) is 23.6 Å². The number of anilines is 1. The van der Waals surface area contributed by atoms with E-state index in [0.29, 0.717) is 5.56 Å². The number of aromatic nitrogens is 2. The molecule has 0 bridgehead atoms. The maximum absolute atomic E-state index is 12.9. The van der Waals surface area contributed by atoms with Crippen molar-refractivity contribution in [3.8, 4) is 0 Å². The standard InChI is InChI=1S/C17H18F4N4O3/c1-22-15(27)13-12(7-25(2)24-13)23-14(26)11-5-3-4-10(6-11)8-28-9-17(20,21)16(18)19/h3-7,16H,8-9H2,1-2H3,(H,22,27)(H,23,26). The number of ether oxygens (including phenoxy) is 1. The molecule has 1 aromatic heterocycles. The van der Waals surface area contributed by atoms with E-state index in [1.54, 1.807) is 7.05 Å². The molecule has 2 aromatic rings. The molecule has 2 N–H and O–H groups in total. The van der Waals surface area contributed by atoms with Gasteiger partial charge in [-0.05, 0) is 17.7 Å². The molecular formula is C17H18F4N4O3. The Hall–Kier alpha value is -2.95. The van der Waals surface area contributed by atoms with E-state index in [4.69, 9.17) is 0 Å². The fourth-order valence-electron chi connectivity index (χ4n) is 2.23. The molecule has 1 heterocycles. The number of nitrogens with one attached hydrogen (secondary N) is 2. The SMILES string of the molecule is CNC(=O)c1nn(C)cc1NC(=O)c1cccc(COCC(F)(F)C(F)F)c1. The minimum Gasteiger partial charge on any atom is -0.370 e. The molecule has 2 amide bonds. The minimum atomic E-state index is -4.24. The molecule has 7 nitrogen and oxygen atoms in total. The second-order valence-corrected chi connectivity index (χ2v) is 5.85. The number of carbonyl (C=O) groups excluding carboxylic acids is 2. The summed E-state index contributed by atoms with van der Waals surface area (Å²) in [7, 11) is 3.00. The summed E-state index contributed by atoms with van der Waals surface area (Å²) in [5, 5.41) is 8.91. The third-order valence-corrected chi connectivity index (χ3v) is 3.59. The first kappa shape index (κ1) is 21.4. The summed E-state index contributed by atoms with van der Waals surface area (Å²) >= 11 is 0. The topological polar surface area (TPSA) is 85.3 Å². The van der Waals surface area contributed by atoms with Crippen molar-refractivity contribution in [2.24, 2.45) is 7.05 Å². The Morgan fingerprint density at radius 2 is 2.00 bits per heavy atom.